The van der Waals surface area contributed by atoms with Gasteiger partial charge in [-0.2, -0.15) is 25.3 Å². The molecule has 2 heterocycles. The zero-order valence-electron chi connectivity index (χ0n) is 19.6. The van der Waals surface area contributed by atoms with Gasteiger partial charge in [0.2, 0.25) is 5.91 Å². The molecule has 0 aromatic heterocycles. The lowest BCUT2D eigenvalue weighted by Crippen LogP contribution is -2.51. The van der Waals surface area contributed by atoms with E-state index in [0.717, 1.165) is 50.9 Å². The molecule has 3 rings (SSSR count). The molecule has 1 aromatic rings. The van der Waals surface area contributed by atoms with E-state index in [4.69, 9.17) is 27.9 Å². The predicted octanol–water partition coefficient (Wildman–Crippen LogP) is 3.77. The zero-order valence-corrected chi connectivity index (χ0v) is 22.9. The van der Waals surface area contributed by atoms with Gasteiger partial charge in [-0.25, -0.2) is 0 Å². The van der Waals surface area contributed by atoms with Crippen molar-refractivity contribution in [1.82, 2.24) is 15.1 Å². The van der Waals surface area contributed by atoms with Gasteiger partial charge in [-0.15, -0.1) is 0 Å². The number of thiol groups is 2. The highest BCUT2D eigenvalue weighted by molar-refractivity contribution is 7.80. The second-order valence-corrected chi connectivity index (χ2v) is 10.7. The summed E-state index contributed by atoms with van der Waals surface area (Å²) in [7, 11) is 1.47. The summed E-state index contributed by atoms with van der Waals surface area (Å²) in [6, 6.07) is 6.25. The Morgan fingerprint density at radius 1 is 1.18 bits per heavy atom. The Balaban J connectivity index is 1.66. The molecule has 0 saturated carbocycles. The van der Waals surface area contributed by atoms with E-state index in [-0.39, 0.29) is 29.8 Å². The topological polar surface area (TPSA) is 61.9 Å². The maximum absolute atomic E-state index is 12.9. The summed E-state index contributed by atoms with van der Waals surface area (Å²) < 4.78 is 5.25. The first kappa shape index (κ1) is 27.9. The van der Waals surface area contributed by atoms with E-state index in [1.54, 1.807) is 0 Å². The average molecular weight is 549 g/mol. The van der Waals surface area contributed by atoms with Crippen LogP contribution in [0.25, 0.3) is 0 Å². The van der Waals surface area contributed by atoms with E-state index in [2.05, 4.69) is 40.4 Å². The number of piperidine rings is 1. The molecule has 0 aliphatic carbocycles. The molecule has 190 valence electrons. The number of rotatable bonds is 12. The number of benzene rings is 1. The van der Waals surface area contributed by atoms with Crippen molar-refractivity contribution in [1.29, 1.82) is 0 Å². The minimum atomic E-state index is -0.235. The summed E-state index contributed by atoms with van der Waals surface area (Å²) in [5.41, 5.74) is 1.05. The first-order chi connectivity index (χ1) is 16.4. The second-order valence-electron chi connectivity index (χ2n) is 9.03. The van der Waals surface area contributed by atoms with Gasteiger partial charge in [0.15, 0.2) is 0 Å². The molecule has 2 fully saturated rings. The quantitative estimate of drug-likeness (QED) is 0.274. The molecule has 2 aliphatic rings. The fraction of sp³-hybridized carbons (Fsp3) is 0.667. The highest BCUT2D eigenvalue weighted by Crippen LogP contribution is 2.48. The number of hydrogen-bond donors (Lipinski definition) is 3. The third-order valence-corrected chi connectivity index (χ3v) is 8.18. The van der Waals surface area contributed by atoms with E-state index in [1.807, 2.05) is 18.2 Å². The van der Waals surface area contributed by atoms with Crippen LogP contribution >= 0.6 is 48.5 Å². The molecule has 34 heavy (non-hydrogen) atoms. The van der Waals surface area contributed by atoms with Gasteiger partial charge in [0, 0.05) is 42.6 Å². The summed E-state index contributed by atoms with van der Waals surface area (Å²) in [4.78, 5) is 29.7. The van der Waals surface area contributed by atoms with Crippen molar-refractivity contribution in [3.05, 3.63) is 33.8 Å². The highest BCUT2D eigenvalue weighted by Gasteiger charge is 2.50. The number of nitrogens with zero attached hydrogens (tertiary/aromatic N) is 2. The Hall–Kier alpha value is -0.640. The zero-order chi connectivity index (χ0) is 24.7. The highest BCUT2D eigenvalue weighted by atomic mass is 35.5. The third-order valence-electron chi connectivity index (χ3n) is 7.02. The number of methoxy groups -OCH3 is 1. The SMILES string of the molecule is COC(=O)[C@@H]1[C@H]2CCC(C[C@H]1c1ccc(Cl)c(Cl)c1)N2CCCN(CCS)CC(=O)NCCS. The van der Waals surface area contributed by atoms with Crippen LogP contribution in [-0.2, 0) is 14.3 Å². The second kappa shape index (κ2) is 13.6. The molecule has 2 saturated heterocycles. The first-order valence-corrected chi connectivity index (χ1v) is 13.9. The largest absolute Gasteiger partial charge is 0.469 e. The molecule has 1 N–H and O–H groups in total. The van der Waals surface area contributed by atoms with Crippen molar-refractivity contribution in [2.45, 2.75) is 43.7 Å². The van der Waals surface area contributed by atoms with Gasteiger partial charge < -0.3 is 10.1 Å². The van der Waals surface area contributed by atoms with Crippen LogP contribution in [0.4, 0.5) is 0 Å². The normalized spacial score (nSPS) is 24.4. The van der Waals surface area contributed by atoms with Crippen LogP contribution in [0.3, 0.4) is 0 Å². The summed E-state index contributed by atoms with van der Waals surface area (Å²) in [6.07, 6.45) is 3.86. The Morgan fingerprint density at radius 2 is 1.97 bits per heavy atom. The molecule has 0 spiro atoms. The number of amides is 1. The molecule has 1 aromatic carbocycles. The molecule has 2 bridgehead atoms. The van der Waals surface area contributed by atoms with Crippen molar-refractivity contribution in [2.24, 2.45) is 5.92 Å². The first-order valence-electron chi connectivity index (χ1n) is 11.9. The molecular formula is C24H35Cl2N3O3S2. The summed E-state index contributed by atoms with van der Waals surface area (Å²) in [5.74, 6) is 1.01. The summed E-state index contributed by atoms with van der Waals surface area (Å²) in [5, 5.41) is 3.91. The smallest absolute Gasteiger partial charge is 0.310 e. The minimum Gasteiger partial charge on any atom is -0.469 e. The molecule has 2 aliphatic heterocycles. The number of carbonyl (C=O) groups is 2. The number of carbonyl (C=O) groups excluding carboxylic acids is 2. The van der Waals surface area contributed by atoms with E-state index >= 15 is 0 Å². The summed E-state index contributed by atoms with van der Waals surface area (Å²) >= 11 is 20.9. The fourth-order valence-corrected chi connectivity index (χ4v) is 6.25. The number of halogens is 2. The summed E-state index contributed by atoms with van der Waals surface area (Å²) in [6.45, 7) is 3.39. The third kappa shape index (κ3) is 6.98. The molecule has 10 heteroatoms. The number of esters is 1. The van der Waals surface area contributed by atoms with Crippen molar-refractivity contribution in [3.63, 3.8) is 0 Å². The standard InChI is InChI=1S/C24H35Cl2N3O3S2/c1-32-24(31)23-18(16-3-5-19(25)20(26)13-16)14-17-4-6-21(23)29(17)9-2-8-28(10-12-34)15-22(30)27-7-11-33/h3,5,13,17-18,21,23,33-34H,2,4,6-12,14-15H2,1H3,(H,27,30)/t17?,18-,21+,23-/m0/s1. The van der Waals surface area contributed by atoms with E-state index in [9.17, 15) is 9.59 Å². The van der Waals surface area contributed by atoms with E-state index in [1.165, 1.54) is 7.11 Å². The van der Waals surface area contributed by atoms with Crippen molar-refractivity contribution >= 4 is 60.3 Å². The molecule has 6 nitrogen and oxygen atoms in total. The van der Waals surface area contributed by atoms with Gasteiger partial charge in [0.1, 0.15) is 0 Å². The molecular weight excluding hydrogens is 513 g/mol. The lowest BCUT2D eigenvalue weighted by Gasteiger charge is -2.44. The number of nitrogens with one attached hydrogen (secondary N) is 1. The van der Waals surface area contributed by atoms with Crippen LogP contribution in [0, 0.1) is 5.92 Å². The molecule has 4 atom stereocenters. The molecule has 0 radical (unpaired) electrons. The lowest BCUT2D eigenvalue weighted by molar-refractivity contribution is -0.150. The maximum atomic E-state index is 12.9. The Morgan fingerprint density at radius 3 is 2.65 bits per heavy atom. The van der Waals surface area contributed by atoms with Gasteiger partial charge in [-0.1, -0.05) is 29.3 Å². The van der Waals surface area contributed by atoms with Crippen LogP contribution < -0.4 is 5.32 Å². The van der Waals surface area contributed by atoms with Gasteiger partial charge >= 0.3 is 5.97 Å². The van der Waals surface area contributed by atoms with Gasteiger partial charge in [0.25, 0.3) is 0 Å². The van der Waals surface area contributed by atoms with Crippen molar-refractivity contribution in [3.8, 4) is 0 Å². The Labute approximate surface area is 223 Å². The lowest BCUT2D eigenvalue weighted by atomic mass is 9.76. The van der Waals surface area contributed by atoms with Crippen molar-refractivity contribution < 1.29 is 14.3 Å². The monoisotopic (exact) mass is 547 g/mol. The molecule has 1 amide bonds. The maximum Gasteiger partial charge on any atom is 0.310 e. The number of ether oxygens (including phenoxy) is 1. The van der Waals surface area contributed by atoms with Gasteiger partial charge in [-0.3, -0.25) is 19.4 Å². The van der Waals surface area contributed by atoms with Gasteiger partial charge in [0.05, 0.1) is 29.6 Å². The van der Waals surface area contributed by atoms with Crippen LogP contribution in [0.2, 0.25) is 10.0 Å². The van der Waals surface area contributed by atoms with E-state index in [0.29, 0.717) is 40.7 Å². The van der Waals surface area contributed by atoms with Crippen molar-refractivity contribution in [2.75, 3.05) is 51.3 Å². The number of hydrogen-bond acceptors (Lipinski definition) is 7. The van der Waals surface area contributed by atoms with Crippen LogP contribution in [0.15, 0.2) is 18.2 Å². The fourth-order valence-electron chi connectivity index (χ4n) is 5.55. The molecule has 1 unspecified atom stereocenters. The number of fused-ring (bicyclic) bond motifs is 2. The average Bonchev–Trinajstić information content (AvgIpc) is 3.09. The van der Waals surface area contributed by atoms with Crippen LogP contribution in [0.1, 0.15) is 37.2 Å². The van der Waals surface area contributed by atoms with E-state index < -0.39 is 0 Å². The van der Waals surface area contributed by atoms with Crippen LogP contribution in [-0.4, -0.2) is 85.1 Å². The Bertz CT molecular complexity index is 848. The van der Waals surface area contributed by atoms with Gasteiger partial charge in [-0.05, 0) is 56.5 Å². The van der Waals surface area contributed by atoms with Crippen LogP contribution in [0.5, 0.6) is 0 Å². The minimum absolute atomic E-state index is 0.0177. The predicted molar refractivity (Wildman–Crippen MR) is 145 cm³/mol. The Kier molecular flexibility index (Phi) is 11.2.